The highest BCUT2D eigenvalue weighted by Crippen LogP contribution is 2.50. The van der Waals surface area contributed by atoms with Crippen LogP contribution in [0.1, 0.15) is 43.7 Å². The van der Waals surface area contributed by atoms with Gasteiger partial charge in [-0.15, -0.1) is 0 Å². The van der Waals surface area contributed by atoms with E-state index in [-0.39, 0.29) is 5.54 Å². The Bertz CT molecular complexity index is 457. The molecule has 0 amide bonds. The minimum absolute atomic E-state index is 0.264. The molecule has 0 atom stereocenters. The largest absolute Gasteiger partial charge is 0.235 e. The first kappa shape index (κ1) is 11.6. The summed E-state index contributed by atoms with van der Waals surface area (Å²) in [4.78, 5) is 14.3. The van der Waals surface area contributed by atoms with Gasteiger partial charge in [-0.25, -0.2) is 4.79 Å². The fourth-order valence-corrected chi connectivity index (χ4v) is 2.79. The van der Waals surface area contributed by atoms with E-state index < -0.39 is 0 Å². The van der Waals surface area contributed by atoms with Crippen LogP contribution in [0.5, 0.6) is 0 Å². The van der Waals surface area contributed by atoms with Gasteiger partial charge in [0.05, 0.1) is 5.54 Å². The molecule has 0 unspecified atom stereocenters. The molecule has 2 rings (SSSR count). The molecule has 1 aliphatic rings. The van der Waals surface area contributed by atoms with Crippen molar-refractivity contribution in [2.75, 3.05) is 0 Å². The Labute approximate surface area is 104 Å². The molecule has 2 nitrogen and oxygen atoms in total. The molecule has 1 aliphatic carbocycles. The van der Waals surface area contributed by atoms with Crippen LogP contribution in [0.25, 0.3) is 0 Å². The molecular formula is C13H14BrNO. The molecule has 84 valence electrons. The Morgan fingerprint density at radius 1 is 1.44 bits per heavy atom. The van der Waals surface area contributed by atoms with Crippen LogP contribution in [-0.4, -0.2) is 6.08 Å². The number of rotatable bonds is 3. The number of carbonyl (C=O) groups excluding carboxylic acids is 1. The maximum Gasteiger partial charge on any atom is 0.235 e. The smallest absolute Gasteiger partial charge is 0.211 e. The van der Waals surface area contributed by atoms with Gasteiger partial charge in [0.2, 0.25) is 6.08 Å². The van der Waals surface area contributed by atoms with Gasteiger partial charge in [0.15, 0.2) is 0 Å². The quantitative estimate of drug-likeness (QED) is 0.610. The van der Waals surface area contributed by atoms with Crippen LogP contribution >= 0.6 is 15.9 Å². The lowest BCUT2D eigenvalue weighted by Crippen LogP contribution is -2.03. The third kappa shape index (κ3) is 1.98. The fourth-order valence-electron chi connectivity index (χ4n) is 1.96. The van der Waals surface area contributed by atoms with E-state index in [0.29, 0.717) is 5.92 Å². The molecule has 0 spiro atoms. The SMILES string of the molecule is CC(C)c1ccc(C2(N=C=O)CC2)cc1Br. The summed E-state index contributed by atoms with van der Waals surface area (Å²) in [5, 5.41) is 0. The molecule has 0 saturated heterocycles. The standard InChI is InChI=1S/C13H14BrNO/c1-9(2)11-4-3-10(7-12(11)14)13(5-6-13)15-8-16/h3-4,7,9H,5-6H2,1-2H3. The molecule has 0 radical (unpaired) electrons. The molecule has 1 saturated carbocycles. The van der Waals surface area contributed by atoms with Crippen LogP contribution in [0.2, 0.25) is 0 Å². The van der Waals surface area contributed by atoms with Crippen molar-refractivity contribution >= 4 is 22.0 Å². The van der Waals surface area contributed by atoms with Gasteiger partial charge in [-0.05, 0) is 36.0 Å². The lowest BCUT2D eigenvalue weighted by atomic mass is 9.98. The van der Waals surface area contributed by atoms with Crippen molar-refractivity contribution in [2.45, 2.75) is 38.1 Å². The zero-order valence-electron chi connectivity index (χ0n) is 9.46. The van der Waals surface area contributed by atoms with E-state index in [1.807, 2.05) is 0 Å². The molecule has 1 fully saturated rings. The second kappa shape index (κ2) is 4.15. The summed E-state index contributed by atoms with van der Waals surface area (Å²) in [6, 6.07) is 6.28. The molecule has 0 aromatic heterocycles. The summed E-state index contributed by atoms with van der Waals surface area (Å²) in [6.07, 6.45) is 3.59. The van der Waals surface area contributed by atoms with Crippen molar-refractivity contribution < 1.29 is 4.79 Å². The van der Waals surface area contributed by atoms with Crippen LogP contribution in [0.3, 0.4) is 0 Å². The minimum Gasteiger partial charge on any atom is -0.211 e. The van der Waals surface area contributed by atoms with Gasteiger partial charge >= 0.3 is 0 Å². The molecule has 1 aromatic rings. The predicted molar refractivity (Wildman–Crippen MR) is 67.3 cm³/mol. The third-order valence-corrected chi connectivity index (χ3v) is 3.83. The van der Waals surface area contributed by atoms with Gasteiger partial charge in [-0.1, -0.05) is 41.9 Å². The van der Waals surface area contributed by atoms with E-state index in [0.717, 1.165) is 22.9 Å². The average Bonchev–Trinajstić information content (AvgIpc) is 2.99. The van der Waals surface area contributed by atoms with Crippen LogP contribution in [0, 0.1) is 0 Å². The fraction of sp³-hybridized carbons (Fsp3) is 0.462. The van der Waals surface area contributed by atoms with Crippen molar-refractivity contribution in [3.8, 4) is 0 Å². The van der Waals surface area contributed by atoms with Crippen LogP contribution in [-0.2, 0) is 10.3 Å². The van der Waals surface area contributed by atoms with E-state index in [1.165, 1.54) is 5.56 Å². The Morgan fingerprint density at radius 2 is 2.12 bits per heavy atom. The van der Waals surface area contributed by atoms with Gasteiger partial charge in [-0.3, -0.25) is 0 Å². The zero-order valence-corrected chi connectivity index (χ0v) is 11.0. The number of aliphatic imine (C=N–C) groups is 1. The highest BCUT2D eigenvalue weighted by Gasteiger charge is 2.44. The maximum absolute atomic E-state index is 10.4. The van der Waals surface area contributed by atoms with Crippen LogP contribution in [0.15, 0.2) is 27.7 Å². The average molecular weight is 280 g/mol. The van der Waals surface area contributed by atoms with E-state index in [2.05, 4.69) is 53.0 Å². The van der Waals surface area contributed by atoms with Gasteiger partial charge in [-0.2, -0.15) is 4.99 Å². The number of isocyanates is 1. The van der Waals surface area contributed by atoms with Crippen LogP contribution in [0.4, 0.5) is 0 Å². The number of hydrogen-bond donors (Lipinski definition) is 0. The Kier molecular flexibility index (Phi) is 3.00. The summed E-state index contributed by atoms with van der Waals surface area (Å²) < 4.78 is 1.10. The van der Waals surface area contributed by atoms with Gasteiger partial charge in [0, 0.05) is 4.47 Å². The summed E-state index contributed by atoms with van der Waals surface area (Å²) in [5.74, 6) is 0.494. The monoisotopic (exact) mass is 279 g/mol. The van der Waals surface area contributed by atoms with E-state index >= 15 is 0 Å². The molecule has 16 heavy (non-hydrogen) atoms. The Morgan fingerprint density at radius 3 is 2.56 bits per heavy atom. The van der Waals surface area contributed by atoms with Gasteiger partial charge < -0.3 is 0 Å². The van der Waals surface area contributed by atoms with Crippen molar-refractivity contribution in [2.24, 2.45) is 4.99 Å². The van der Waals surface area contributed by atoms with Crippen LogP contribution < -0.4 is 0 Å². The maximum atomic E-state index is 10.4. The summed E-state index contributed by atoms with van der Waals surface area (Å²) in [7, 11) is 0. The lowest BCUT2D eigenvalue weighted by Gasteiger charge is -2.13. The first-order valence-corrected chi connectivity index (χ1v) is 6.27. The molecule has 0 heterocycles. The zero-order chi connectivity index (χ0) is 11.8. The lowest BCUT2D eigenvalue weighted by molar-refractivity contribution is 0.556. The second-order valence-electron chi connectivity index (χ2n) is 4.63. The minimum atomic E-state index is -0.264. The Balaban J connectivity index is 2.39. The normalized spacial score (nSPS) is 17.0. The van der Waals surface area contributed by atoms with Gasteiger partial charge in [0.1, 0.15) is 0 Å². The topological polar surface area (TPSA) is 29.4 Å². The van der Waals surface area contributed by atoms with E-state index in [9.17, 15) is 4.79 Å². The molecule has 0 aliphatic heterocycles. The number of benzene rings is 1. The molecular weight excluding hydrogens is 266 g/mol. The summed E-state index contributed by atoms with van der Waals surface area (Å²) in [6.45, 7) is 4.33. The highest BCUT2D eigenvalue weighted by atomic mass is 79.9. The highest BCUT2D eigenvalue weighted by molar-refractivity contribution is 9.10. The molecule has 0 bridgehead atoms. The van der Waals surface area contributed by atoms with Crippen molar-refractivity contribution in [3.05, 3.63) is 33.8 Å². The van der Waals surface area contributed by atoms with Crippen molar-refractivity contribution in [3.63, 3.8) is 0 Å². The first-order chi connectivity index (χ1) is 7.59. The molecule has 3 heteroatoms. The number of halogens is 1. The van der Waals surface area contributed by atoms with Crippen molar-refractivity contribution in [1.82, 2.24) is 0 Å². The molecule has 0 N–H and O–H groups in total. The summed E-state index contributed by atoms with van der Waals surface area (Å²) in [5.41, 5.74) is 2.14. The third-order valence-electron chi connectivity index (χ3n) is 3.14. The van der Waals surface area contributed by atoms with E-state index in [4.69, 9.17) is 0 Å². The second-order valence-corrected chi connectivity index (χ2v) is 5.48. The first-order valence-electron chi connectivity index (χ1n) is 5.48. The van der Waals surface area contributed by atoms with E-state index in [1.54, 1.807) is 6.08 Å². The van der Waals surface area contributed by atoms with Crippen molar-refractivity contribution in [1.29, 1.82) is 0 Å². The number of hydrogen-bond acceptors (Lipinski definition) is 2. The Hall–Kier alpha value is -0.920. The molecule has 1 aromatic carbocycles. The number of nitrogens with zero attached hydrogens (tertiary/aromatic N) is 1. The predicted octanol–water partition coefficient (Wildman–Crippen LogP) is 3.90. The van der Waals surface area contributed by atoms with Gasteiger partial charge in [0.25, 0.3) is 0 Å². The summed E-state index contributed by atoms with van der Waals surface area (Å²) >= 11 is 3.58.